The number of aromatic nitrogens is 1. The highest BCUT2D eigenvalue weighted by atomic mass is 16.6. The van der Waals surface area contributed by atoms with Crippen LogP contribution in [0.3, 0.4) is 0 Å². The van der Waals surface area contributed by atoms with Gasteiger partial charge in [0.2, 0.25) is 0 Å². The number of carboxylic acids is 1. The van der Waals surface area contributed by atoms with E-state index in [4.69, 9.17) is 9.84 Å². The summed E-state index contributed by atoms with van der Waals surface area (Å²) >= 11 is 0. The fourth-order valence-corrected chi connectivity index (χ4v) is 1.13. The number of carbonyl (C=O) groups is 1. The smallest absolute Gasteiger partial charge is 0.331 e. The molecule has 7 heteroatoms. The van der Waals surface area contributed by atoms with Gasteiger partial charge in [0.1, 0.15) is 0 Å². The number of nitrogens with zero attached hydrogens (tertiary/aromatic N) is 2. The minimum atomic E-state index is -0.975. The monoisotopic (exact) mass is 238 g/mol. The second kappa shape index (κ2) is 5.59. The molecule has 0 aliphatic heterocycles. The van der Waals surface area contributed by atoms with Crippen molar-refractivity contribution in [2.45, 2.75) is 6.42 Å². The Kier molecular flexibility index (Phi) is 4.15. The molecule has 0 fully saturated rings. The molecule has 0 atom stereocenters. The van der Waals surface area contributed by atoms with E-state index in [2.05, 4.69) is 4.98 Å². The van der Waals surface area contributed by atoms with Crippen LogP contribution in [0.5, 0.6) is 5.88 Å². The van der Waals surface area contributed by atoms with Gasteiger partial charge in [0.25, 0.3) is 5.88 Å². The van der Waals surface area contributed by atoms with Crippen LogP contribution in [-0.4, -0.2) is 28.1 Å². The second-order valence-corrected chi connectivity index (χ2v) is 3.05. The van der Waals surface area contributed by atoms with Gasteiger partial charge in [-0.15, -0.1) is 0 Å². The fraction of sp³-hybridized carbons (Fsp3) is 0.200. The first-order valence-electron chi connectivity index (χ1n) is 4.61. The molecule has 1 aromatic heterocycles. The normalized spacial score (nSPS) is 10.4. The maximum absolute atomic E-state index is 10.7. The van der Waals surface area contributed by atoms with Gasteiger partial charge >= 0.3 is 11.7 Å². The number of pyridine rings is 1. The molecule has 0 saturated heterocycles. The molecule has 0 unspecified atom stereocenters. The highest BCUT2D eigenvalue weighted by Crippen LogP contribution is 2.24. The summed E-state index contributed by atoms with van der Waals surface area (Å²) in [4.78, 5) is 24.1. The van der Waals surface area contributed by atoms with Gasteiger partial charge in [-0.05, 0) is 5.56 Å². The van der Waals surface area contributed by atoms with Gasteiger partial charge in [-0.3, -0.25) is 14.9 Å². The van der Waals surface area contributed by atoms with Crippen LogP contribution < -0.4 is 4.74 Å². The SMILES string of the molecule is COc1ncc(C=CCC(=O)O)cc1[N+](=O)[O-]. The molecule has 0 aliphatic rings. The highest BCUT2D eigenvalue weighted by molar-refractivity contribution is 5.70. The zero-order chi connectivity index (χ0) is 12.8. The van der Waals surface area contributed by atoms with E-state index in [1.165, 1.54) is 31.5 Å². The van der Waals surface area contributed by atoms with Gasteiger partial charge in [0.05, 0.1) is 18.5 Å². The quantitative estimate of drug-likeness (QED) is 0.615. The van der Waals surface area contributed by atoms with E-state index in [0.717, 1.165) is 0 Å². The molecule has 1 aromatic rings. The molecule has 1 rings (SSSR count). The van der Waals surface area contributed by atoms with Crippen molar-refractivity contribution in [3.63, 3.8) is 0 Å². The summed E-state index contributed by atoms with van der Waals surface area (Å²) in [6, 6.07) is 1.27. The van der Waals surface area contributed by atoms with Crippen LogP contribution in [0, 0.1) is 10.1 Å². The minimum absolute atomic E-state index is 0.0783. The molecular formula is C10H10N2O5. The molecule has 0 spiro atoms. The zero-order valence-corrected chi connectivity index (χ0v) is 8.99. The summed E-state index contributed by atoms with van der Waals surface area (Å²) in [7, 11) is 1.29. The minimum Gasteiger partial charge on any atom is -0.481 e. The van der Waals surface area contributed by atoms with E-state index in [1.54, 1.807) is 0 Å². The van der Waals surface area contributed by atoms with Gasteiger partial charge < -0.3 is 9.84 Å². The Morgan fingerprint density at radius 2 is 2.41 bits per heavy atom. The van der Waals surface area contributed by atoms with E-state index in [1.807, 2.05) is 0 Å². The van der Waals surface area contributed by atoms with E-state index >= 15 is 0 Å². The van der Waals surface area contributed by atoms with Gasteiger partial charge in [0, 0.05) is 12.3 Å². The molecule has 0 bridgehead atoms. The van der Waals surface area contributed by atoms with Gasteiger partial charge in [-0.2, -0.15) is 0 Å². The van der Waals surface area contributed by atoms with Crippen molar-refractivity contribution < 1.29 is 19.6 Å². The van der Waals surface area contributed by atoms with Crippen molar-refractivity contribution in [2.75, 3.05) is 7.11 Å². The second-order valence-electron chi connectivity index (χ2n) is 3.05. The summed E-state index contributed by atoms with van der Waals surface area (Å²) < 4.78 is 4.73. The number of aliphatic carboxylic acids is 1. The molecule has 1 N–H and O–H groups in total. The summed E-state index contributed by atoms with van der Waals surface area (Å²) in [5.74, 6) is -1.05. The van der Waals surface area contributed by atoms with E-state index in [9.17, 15) is 14.9 Å². The van der Waals surface area contributed by atoms with Crippen LogP contribution in [0.25, 0.3) is 6.08 Å². The predicted octanol–water partition coefficient (Wildman–Crippen LogP) is 1.49. The standard InChI is InChI=1S/C10H10N2O5/c1-17-10-8(12(15)16)5-7(6-11-10)3-2-4-9(13)14/h2-3,5-6H,4H2,1H3,(H,13,14). The fourth-order valence-electron chi connectivity index (χ4n) is 1.13. The molecule has 0 saturated carbocycles. The van der Waals surface area contributed by atoms with Crippen LogP contribution >= 0.6 is 0 Å². The number of hydrogen-bond acceptors (Lipinski definition) is 5. The lowest BCUT2D eigenvalue weighted by Gasteiger charge is -2.00. The van der Waals surface area contributed by atoms with Crippen LogP contribution in [0.1, 0.15) is 12.0 Å². The average molecular weight is 238 g/mol. The third-order valence-electron chi connectivity index (χ3n) is 1.85. The number of methoxy groups -OCH3 is 1. The molecule has 0 radical (unpaired) electrons. The molecular weight excluding hydrogens is 228 g/mol. The molecule has 0 amide bonds. The maximum atomic E-state index is 10.7. The number of carboxylic acid groups (broad SMARTS) is 1. The lowest BCUT2D eigenvalue weighted by Crippen LogP contribution is -1.96. The topological polar surface area (TPSA) is 103 Å². The first-order chi connectivity index (χ1) is 8.04. The van der Waals surface area contributed by atoms with Crippen LogP contribution in [0.2, 0.25) is 0 Å². The first kappa shape index (κ1) is 12.6. The molecule has 0 aliphatic carbocycles. The first-order valence-corrected chi connectivity index (χ1v) is 4.61. The summed E-state index contributed by atoms with van der Waals surface area (Å²) in [5.41, 5.74) is 0.184. The number of ether oxygens (including phenoxy) is 1. The van der Waals surface area contributed by atoms with Crippen LogP contribution in [0.15, 0.2) is 18.3 Å². The van der Waals surface area contributed by atoms with Crippen molar-refractivity contribution in [3.05, 3.63) is 34.0 Å². The Morgan fingerprint density at radius 3 is 2.94 bits per heavy atom. The third-order valence-corrected chi connectivity index (χ3v) is 1.85. The predicted molar refractivity (Wildman–Crippen MR) is 58.7 cm³/mol. The highest BCUT2D eigenvalue weighted by Gasteiger charge is 2.15. The van der Waals surface area contributed by atoms with E-state index < -0.39 is 10.9 Å². The summed E-state index contributed by atoms with van der Waals surface area (Å²) in [6.07, 6.45) is 4.05. The molecule has 0 aromatic carbocycles. The van der Waals surface area contributed by atoms with Gasteiger partial charge in [-0.25, -0.2) is 4.98 Å². The number of nitro groups is 1. The molecule has 1 heterocycles. The van der Waals surface area contributed by atoms with E-state index in [0.29, 0.717) is 5.56 Å². The zero-order valence-electron chi connectivity index (χ0n) is 8.99. The summed E-state index contributed by atoms with van der Waals surface area (Å²) in [5, 5.41) is 19.1. The van der Waals surface area contributed by atoms with E-state index in [-0.39, 0.29) is 18.0 Å². The Bertz CT molecular complexity index is 470. The number of rotatable bonds is 5. The number of hydrogen-bond donors (Lipinski definition) is 1. The average Bonchev–Trinajstić information content (AvgIpc) is 2.28. The molecule has 17 heavy (non-hydrogen) atoms. The third kappa shape index (κ3) is 3.56. The Hall–Kier alpha value is -2.44. The Labute approximate surface area is 96.5 Å². The van der Waals surface area contributed by atoms with Crippen molar-refractivity contribution in [1.82, 2.24) is 4.98 Å². The Balaban J connectivity index is 2.96. The largest absolute Gasteiger partial charge is 0.481 e. The Morgan fingerprint density at radius 1 is 1.71 bits per heavy atom. The van der Waals surface area contributed by atoms with Crippen LogP contribution in [-0.2, 0) is 4.79 Å². The molecule has 90 valence electrons. The van der Waals surface area contributed by atoms with Crippen molar-refractivity contribution in [3.8, 4) is 5.88 Å². The summed E-state index contributed by atoms with van der Waals surface area (Å²) in [6.45, 7) is 0. The lowest BCUT2D eigenvalue weighted by molar-refractivity contribution is -0.386. The molecule has 7 nitrogen and oxygen atoms in total. The van der Waals surface area contributed by atoms with Crippen LogP contribution in [0.4, 0.5) is 5.69 Å². The van der Waals surface area contributed by atoms with Crippen molar-refractivity contribution in [1.29, 1.82) is 0 Å². The lowest BCUT2D eigenvalue weighted by atomic mass is 10.2. The van der Waals surface area contributed by atoms with Crippen molar-refractivity contribution >= 4 is 17.7 Å². The van der Waals surface area contributed by atoms with Crippen molar-refractivity contribution in [2.24, 2.45) is 0 Å². The maximum Gasteiger partial charge on any atom is 0.331 e. The van der Waals surface area contributed by atoms with Gasteiger partial charge in [0.15, 0.2) is 0 Å². The van der Waals surface area contributed by atoms with Gasteiger partial charge in [-0.1, -0.05) is 12.2 Å².